The average Bonchev–Trinajstić information content (AvgIpc) is 2.46. The van der Waals surface area contributed by atoms with Crippen LogP contribution in [0.4, 0.5) is 0 Å². The van der Waals surface area contributed by atoms with E-state index in [4.69, 9.17) is 13.6 Å². The van der Waals surface area contributed by atoms with Gasteiger partial charge in [-0.15, -0.1) is 0 Å². The SMILES string of the molecule is CCO[Si](OCC)(c1ccccc1)C(C)C(=O)OC. The molecule has 1 aromatic carbocycles. The third-order valence-corrected chi connectivity index (χ3v) is 6.97. The maximum Gasteiger partial charge on any atom is 0.386 e. The van der Waals surface area contributed by atoms with Gasteiger partial charge in [-0.1, -0.05) is 30.3 Å². The maximum atomic E-state index is 11.9. The number of hydrogen-bond donors (Lipinski definition) is 0. The van der Waals surface area contributed by atoms with E-state index in [2.05, 4.69) is 0 Å². The van der Waals surface area contributed by atoms with Crippen molar-refractivity contribution in [1.82, 2.24) is 0 Å². The number of benzene rings is 1. The van der Waals surface area contributed by atoms with Crippen LogP contribution in [0.5, 0.6) is 0 Å². The van der Waals surface area contributed by atoms with Gasteiger partial charge in [0.15, 0.2) is 0 Å². The molecule has 0 heterocycles. The molecule has 0 aliphatic rings. The van der Waals surface area contributed by atoms with E-state index in [1.54, 1.807) is 0 Å². The lowest BCUT2D eigenvalue weighted by atomic mass is 10.4. The van der Waals surface area contributed by atoms with Crippen molar-refractivity contribution in [3.63, 3.8) is 0 Å². The molecule has 0 saturated carbocycles. The van der Waals surface area contributed by atoms with E-state index in [1.807, 2.05) is 51.1 Å². The lowest BCUT2D eigenvalue weighted by Gasteiger charge is -2.33. The normalized spacial score (nSPS) is 13.1. The molecular weight excluding hydrogens is 260 g/mol. The number of ether oxygens (including phenoxy) is 1. The van der Waals surface area contributed by atoms with E-state index >= 15 is 0 Å². The first-order chi connectivity index (χ1) is 9.12. The van der Waals surface area contributed by atoms with Crippen molar-refractivity contribution in [2.75, 3.05) is 20.3 Å². The molecule has 0 saturated heterocycles. The van der Waals surface area contributed by atoms with Crippen LogP contribution in [-0.4, -0.2) is 34.9 Å². The minimum absolute atomic E-state index is 0.294. The van der Waals surface area contributed by atoms with Gasteiger partial charge >= 0.3 is 14.5 Å². The van der Waals surface area contributed by atoms with Crippen LogP contribution in [0.15, 0.2) is 30.3 Å². The van der Waals surface area contributed by atoms with Gasteiger partial charge in [-0.05, 0) is 26.0 Å². The Bertz CT molecular complexity index is 388. The summed E-state index contributed by atoms with van der Waals surface area (Å²) in [6.07, 6.45) is 0. The molecule has 106 valence electrons. The van der Waals surface area contributed by atoms with Crippen LogP contribution < -0.4 is 5.19 Å². The van der Waals surface area contributed by atoms with Gasteiger partial charge in [0.1, 0.15) is 5.54 Å². The quantitative estimate of drug-likeness (QED) is 0.566. The Kier molecular flexibility index (Phi) is 6.21. The van der Waals surface area contributed by atoms with Gasteiger partial charge in [-0.25, -0.2) is 0 Å². The van der Waals surface area contributed by atoms with Crippen molar-refractivity contribution in [2.24, 2.45) is 0 Å². The first-order valence-corrected chi connectivity index (χ1v) is 8.43. The predicted octanol–water partition coefficient (Wildman–Crippen LogP) is 1.97. The van der Waals surface area contributed by atoms with Gasteiger partial charge in [0.05, 0.1) is 7.11 Å². The van der Waals surface area contributed by atoms with Crippen LogP contribution in [0.1, 0.15) is 20.8 Å². The second kappa shape index (κ2) is 7.42. The first kappa shape index (κ1) is 15.9. The lowest BCUT2D eigenvalue weighted by molar-refractivity contribution is -0.141. The summed E-state index contributed by atoms with van der Waals surface area (Å²) < 4.78 is 16.8. The summed E-state index contributed by atoms with van der Waals surface area (Å²) in [5, 5.41) is 0.955. The second-order valence-electron chi connectivity index (χ2n) is 4.14. The van der Waals surface area contributed by atoms with Crippen molar-refractivity contribution >= 4 is 19.7 Å². The van der Waals surface area contributed by atoms with Gasteiger partial charge in [0, 0.05) is 13.2 Å². The van der Waals surface area contributed by atoms with Crippen LogP contribution in [0.25, 0.3) is 0 Å². The van der Waals surface area contributed by atoms with Crippen molar-refractivity contribution in [3.05, 3.63) is 30.3 Å². The highest BCUT2D eigenvalue weighted by Gasteiger charge is 2.49. The highest BCUT2D eigenvalue weighted by Crippen LogP contribution is 2.25. The number of rotatable bonds is 7. The van der Waals surface area contributed by atoms with Crippen molar-refractivity contribution in [1.29, 1.82) is 0 Å². The minimum atomic E-state index is -2.83. The number of carbonyl (C=O) groups excluding carboxylic acids is 1. The maximum absolute atomic E-state index is 11.9. The molecule has 1 aromatic rings. The molecule has 0 N–H and O–H groups in total. The highest BCUT2D eigenvalue weighted by molar-refractivity contribution is 6.84. The number of methoxy groups -OCH3 is 1. The first-order valence-electron chi connectivity index (χ1n) is 6.53. The van der Waals surface area contributed by atoms with Crippen LogP contribution >= 0.6 is 0 Å². The Morgan fingerprint density at radius 1 is 1.16 bits per heavy atom. The molecular formula is C14H22O4Si. The summed E-state index contributed by atoms with van der Waals surface area (Å²) in [5.41, 5.74) is -0.417. The molecule has 5 heteroatoms. The van der Waals surface area contributed by atoms with Crippen molar-refractivity contribution in [3.8, 4) is 0 Å². The van der Waals surface area contributed by atoms with E-state index in [0.717, 1.165) is 5.19 Å². The zero-order valence-corrected chi connectivity index (χ0v) is 13.0. The van der Waals surface area contributed by atoms with E-state index in [-0.39, 0.29) is 5.97 Å². The summed E-state index contributed by atoms with van der Waals surface area (Å²) in [7, 11) is -1.44. The Morgan fingerprint density at radius 3 is 2.11 bits per heavy atom. The van der Waals surface area contributed by atoms with Gasteiger partial charge in [0.25, 0.3) is 0 Å². The Labute approximate surface area is 115 Å². The Balaban J connectivity index is 3.24. The minimum Gasteiger partial charge on any atom is -0.469 e. The van der Waals surface area contributed by atoms with E-state index in [1.165, 1.54) is 7.11 Å². The molecule has 0 amide bonds. The van der Waals surface area contributed by atoms with Crippen LogP contribution in [0.2, 0.25) is 5.54 Å². The van der Waals surface area contributed by atoms with Gasteiger partial charge in [-0.3, -0.25) is 4.79 Å². The second-order valence-corrected chi connectivity index (χ2v) is 7.50. The summed E-state index contributed by atoms with van der Waals surface area (Å²) in [6, 6.07) is 9.70. The van der Waals surface area contributed by atoms with E-state index < -0.39 is 14.1 Å². The topological polar surface area (TPSA) is 44.8 Å². The standard InChI is InChI=1S/C14H22O4Si/c1-5-17-19(18-6-2,12(3)14(15)16-4)13-10-8-7-9-11-13/h7-12H,5-6H2,1-4H3. The smallest absolute Gasteiger partial charge is 0.386 e. The number of hydrogen-bond acceptors (Lipinski definition) is 4. The van der Waals surface area contributed by atoms with Gasteiger partial charge < -0.3 is 13.6 Å². The molecule has 0 aromatic heterocycles. The summed E-state index contributed by atoms with van der Waals surface area (Å²) in [4.78, 5) is 11.9. The van der Waals surface area contributed by atoms with E-state index in [9.17, 15) is 4.79 Å². The monoisotopic (exact) mass is 282 g/mol. The molecule has 0 fully saturated rings. The van der Waals surface area contributed by atoms with Gasteiger partial charge in [-0.2, -0.15) is 0 Å². The lowest BCUT2D eigenvalue weighted by Crippen LogP contribution is -2.59. The molecule has 19 heavy (non-hydrogen) atoms. The fourth-order valence-corrected chi connectivity index (χ4v) is 5.50. The number of esters is 1. The molecule has 1 rings (SSSR count). The highest BCUT2D eigenvalue weighted by atomic mass is 28.4. The molecule has 1 atom stereocenters. The van der Waals surface area contributed by atoms with Crippen LogP contribution in [0.3, 0.4) is 0 Å². The average molecular weight is 282 g/mol. The number of carbonyl (C=O) groups is 1. The predicted molar refractivity (Wildman–Crippen MR) is 76.5 cm³/mol. The third kappa shape index (κ3) is 3.43. The molecule has 0 radical (unpaired) electrons. The summed E-state index contributed by atoms with van der Waals surface area (Å²) in [5.74, 6) is -0.294. The summed E-state index contributed by atoms with van der Waals surface area (Å²) >= 11 is 0. The van der Waals surface area contributed by atoms with Gasteiger partial charge in [0.2, 0.25) is 0 Å². The zero-order chi connectivity index (χ0) is 14.3. The molecule has 0 aliphatic heterocycles. The molecule has 1 unspecified atom stereocenters. The molecule has 0 aliphatic carbocycles. The van der Waals surface area contributed by atoms with E-state index in [0.29, 0.717) is 13.2 Å². The fraction of sp³-hybridized carbons (Fsp3) is 0.500. The van der Waals surface area contributed by atoms with Crippen LogP contribution in [-0.2, 0) is 18.4 Å². The Morgan fingerprint density at radius 2 is 1.68 bits per heavy atom. The summed E-state index contributed by atoms with van der Waals surface area (Å²) in [6.45, 7) is 6.64. The molecule has 4 nitrogen and oxygen atoms in total. The molecule has 0 bridgehead atoms. The van der Waals surface area contributed by atoms with Crippen molar-refractivity contribution < 1.29 is 18.4 Å². The van der Waals surface area contributed by atoms with Crippen LogP contribution in [0, 0.1) is 0 Å². The van der Waals surface area contributed by atoms with Crippen molar-refractivity contribution in [2.45, 2.75) is 26.3 Å². The Hall–Kier alpha value is -1.17. The fourth-order valence-electron chi connectivity index (χ4n) is 2.14. The third-order valence-electron chi connectivity index (χ3n) is 3.02. The molecule has 0 spiro atoms. The zero-order valence-electron chi connectivity index (χ0n) is 12.0. The largest absolute Gasteiger partial charge is 0.469 e.